The van der Waals surface area contributed by atoms with Crippen molar-refractivity contribution in [1.29, 1.82) is 0 Å². The van der Waals surface area contributed by atoms with Gasteiger partial charge in [0.2, 0.25) is 12.2 Å². The molecule has 1 amide bonds. The molecule has 11 nitrogen and oxygen atoms in total. The zero-order valence-electron chi connectivity index (χ0n) is 18.5. The minimum Gasteiger partial charge on any atom is -0.493 e. The number of hydrogen-bond acceptors (Lipinski definition) is 10. The van der Waals surface area contributed by atoms with Crippen molar-refractivity contribution in [3.63, 3.8) is 0 Å². The third kappa shape index (κ3) is 6.84. The second kappa shape index (κ2) is 11.3. The van der Waals surface area contributed by atoms with E-state index in [0.29, 0.717) is 5.75 Å². The molecule has 1 aromatic carbocycles. The number of carbonyl (C=O) groups is 4. The lowest BCUT2D eigenvalue weighted by Crippen LogP contribution is -2.67. The predicted octanol–water partition coefficient (Wildman–Crippen LogP) is 0.730. The van der Waals surface area contributed by atoms with Crippen molar-refractivity contribution in [1.82, 2.24) is 5.32 Å². The topological polar surface area (TPSA) is 136 Å². The van der Waals surface area contributed by atoms with E-state index in [1.807, 2.05) is 0 Å². The first kappa shape index (κ1) is 24.9. The van der Waals surface area contributed by atoms with E-state index in [1.165, 1.54) is 34.8 Å². The molecule has 32 heavy (non-hydrogen) atoms. The van der Waals surface area contributed by atoms with Crippen LogP contribution >= 0.6 is 0 Å². The standard InChI is InChI=1S/C21H27NO10/c1-11(23)22-18-20(30-14(4)26)19(29-13(3)25)17(10-28-12(2)24)32-21(18)31-16-9-7-6-8-15(16)27-5/h6-9,17-21H,10H2,1-5H3,(H,22,23)/t17-,18-,19-,20-,21-/m0/s1. The molecule has 1 N–H and O–H groups in total. The molecule has 11 heteroatoms. The van der Waals surface area contributed by atoms with Crippen molar-refractivity contribution in [2.75, 3.05) is 13.7 Å². The maximum Gasteiger partial charge on any atom is 0.303 e. The van der Waals surface area contributed by atoms with Gasteiger partial charge in [-0.05, 0) is 12.1 Å². The van der Waals surface area contributed by atoms with E-state index in [1.54, 1.807) is 24.3 Å². The second-order valence-corrected chi connectivity index (χ2v) is 6.99. The zero-order chi connectivity index (χ0) is 23.8. The maximum atomic E-state index is 11.9. The normalized spacial score (nSPS) is 24.6. The van der Waals surface area contributed by atoms with Crippen molar-refractivity contribution in [3.05, 3.63) is 24.3 Å². The highest BCUT2D eigenvalue weighted by Crippen LogP contribution is 2.32. The predicted molar refractivity (Wildman–Crippen MR) is 108 cm³/mol. The number of nitrogens with one attached hydrogen (secondary N) is 1. The number of amides is 1. The van der Waals surface area contributed by atoms with Crippen molar-refractivity contribution in [2.24, 2.45) is 0 Å². The molecular weight excluding hydrogens is 426 g/mol. The first-order valence-electron chi connectivity index (χ1n) is 9.82. The fraction of sp³-hybridized carbons (Fsp3) is 0.524. The van der Waals surface area contributed by atoms with Crippen LogP contribution in [0.15, 0.2) is 24.3 Å². The monoisotopic (exact) mass is 453 g/mol. The molecule has 1 aromatic rings. The Morgan fingerprint density at radius 2 is 1.50 bits per heavy atom. The molecule has 1 aliphatic rings. The molecule has 0 saturated carbocycles. The zero-order valence-corrected chi connectivity index (χ0v) is 18.5. The fourth-order valence-corrected chi connectivity index (χ4v) is 3.23. The first-order chi connectivity index (χ1) is 15.1. The van der Waals surface area contributed by atoms with Crippen LogP contribution in [-0.4, -0.2) is 68.2 Å². The van der Waals surface area contributed by atoms with E-state index in [9.17, 15) is 19.2 Å². The summed E-state index contributed by atoms with van der Waals surface area (Å²) in [5, 5.41) is 2.63. The van der Waals surface area contributed by atoms with Gasteiger partial charge in [0.1, 0.15) is 18.8 Å². The summed E-state index contributed by atoms with van der Waals surface area (Å²) in [6.45, 7) is 4.48. The third-order valence-corrected chi connectivity index (χ3v) is 4.38. The van der Waals surface area contributed by atoms with Crippen molar-refractivity contribution in [2.45, 2.75) is 58.3 Å². The molecule has 0 unspecified atom stereocenters. The number of benzene rings is 1. The molecular formula is C21H27NO10. The Bertz CT molecular complexity index is 842. The van der Waals surface area contributed by atoms with Crippen LogP contribution in [0.1, 0.15) is 27.7 Å². The van der Waals surface area contributed by atoms with Crippen LogP contribution in [0.2, 0.25) is 0 Å². The molecule has 1 saturated heterocycles. The van der Waals surface area contributed by atoms with Crippen LogP contribution in [0, 0.1) is 0 Å². The highest BCUT2D eigenvalue weighted by Gasteiger charge is 2.52. The molecule has 2 rings (SSSR count). The molecule has 1 fully saturated rings. The number of ether oxygens (including phenoxy) is 6. The summed E-state index contributed by atoms with van der Waals surface area (Å²) in [7, 11) is 1.46. The third-order valence-electron chi connectivity index (χ3n) is 4.38. The molecule has 0 aromatic heterocycles. The molecule has 1 heterocycles. The van der Waals surface area contributed by atoms with E-state index in [4.69, 9.17) is 28.4 Å². The summed E-state index contributed by atoms with van der Waals surface area (Å²) < 4.78 is 33.0. The Morgan fingerprint density at radius 1 is 0.906 bits per heavy atom. The minimum absolute atomic E-state index is 0.286. The molecule has 5 atom stereocenters. The van der Waals surface area contributed by atoms with E-state index >= 15 is 0 Å². The number of methoxy groups -OCH3 is 1. The van der Waals surface area contributed by atoms with E-state index in [-0.39, 0.29) is 12.4 Å². The van der Waals surface area contributed by atoms with Crippen LogP contribution in [0.25, 0.3) is 0 Å². The number of hydrogen-bond donors (Lipinski definition) is 1. The first-order valence-corrected chi connectivity index (χ1v) is 9.82. The second-order valence-electron chi connectivity index (χ2n) is 6.99. The highest BCUT2D eigenvalue weighted by atomic mass is 16.7. The number of para-hydroxylation sites is 2. The smallest absolute Gasteiger partial charge is 0.303 e. The summed E-state index contributed by atoms with van der Waals surface area (Å²) in [4.78, 5) is 46.9. The van der Waals surface area contributed by atoms with Gasteiger partial charge in [-0.2, -0.15) is 0 Å². The Balaban J connectivity index is 2.48. The Kier molecular flexibility index (Phi) is 8.82. The SMILES string of the molecule is COc1ccccc1O[C@H]1O[C@@H](COC(C)=O)[C@H](OC(C)=O)[C@@H](OC(C)=O)[C@@H]1NC(C)=O. The van der Waals surface area contributed by atoms with Gasteiger partial charge >= 0.3 is 17.9 Å². The summed E-state index contributed by atoms with van der Waals surface area (Å²) >= 11 is 0. The lowest BCUT2D eigenvalue weighted by atomic mass is 9.96. The van der Waals surface area contributed by atoms with E-state index in [2.05, 4.69) is 5.32 Å². The largest absolute Gasteiger partial charge is 0.493 e. The Morgan fingerprint density at radius 3 is 2.03 bits per heavy atom. The summed E-state index contributed by atoms with van der Waals surface area (Å²) in [5.74, 6) is -1.76. The molecule has 0 bridgehead atoms. The fourth-order valence-electron chi connectivity index (χ4n) is 3.23. The van der Waals surface area contributed by atoms with Gasteiger partial charge in [0, 0.05) is 27.7 Å². The molecule has 1 aliphatic heterocycles. The van der Waals surface area contributed by atoms with Gasteiger partial charge < -0.3 is 33.7 Å². The molecule has 0 radical (unpaired) electrons. The van der Waals surface area contributed by atoms with Gasteiger partial charge in [-0.15, -0.1) is 0 Å². The quantitative estimate of drug-likeness (QED) is 0.443. The molecule has 0 aliphatic carbocycles. The lowest BCUT2D eigenvalue weighted by molar-refractivity contribution is -0.257. The minimum atomic E-state index is -1.22. The molecule has 0 spiro atoms. The highest BCUT2D eigenvalue weighted by molar-refractivity contribution is 5.73. The summed E-state index contributed by atoms with van der Waals surface area (Å²) in [6, 6.07) is 5.65. The van der Waals surface area contributed by atoms with Gasteiger partial charge in [0.15, 0.2) is 23.7 Å². The number of esters is 3. The van der Waals surface area contributed by atoms with Gasteiger partial charge in [-0.1, -0.05) is 12.1 Å². The molecule has 176 valence electrons. The maximum absolute atomic E-state index is 11.9. The van der Waals surface area contributed by atoms with Gasteiger partial charge in [0.05, 0.1) is 7.11 Å². The van der Waals surface area contributed by atoms with Crippen molar-refractivity contribution >= 4 is 23.8 Å². The van der Waals surface area contributed by atoms with E-state index < -0.39 is 54.5 Å². The van der Waals surface area contributed by atoms with Gasteiger partial charge in [-0.3, -0.25) is 19.2 Å². The van der Waals surface area contributed by atoms with Crippen LogP contribution in [0.4, 0.5) is 0 Å². The van der Waals surface area contributed by atoms with Crippen LogP contribution in [0.5, 0.6) is 11.5 Å². The van der Waals surface area contributed by atoms with Gasteiger partial charge in [-0.25, -0.2) is 0 Å². The van der Waals surface area contributed by atoms with Crippen molar-refractivity contribution in [3.8, 4) is 11.5 Å². The number of carbonyl (C=O) groups excluding carboxylic acids is 4. The Labute approximate surface area is 185 Å². The average molecular weight is 453 g/mol. The van der Waals surface area contributed by atoms with Gasteiger partial charge in [0.25, 0.3) is 0 Å². The lowest BCUT2D eigenvalue weighted by Gasteiger charge is -2.44. The summed E-state index contributed by atoms with van der Waals surface area (Å²) in [5.41, 5.74) is 0. The van der Waals surface area contributed by atoms with Crippen LogP contribution < -0.4 is 14.8 Å². The van der Waals surface area contributed by atoms with Crippen LogP contribution in [0.3, 0.4) is 0 Å². The van der Waals surface area contributed by atoms with Crippen molar-refractivity contribution < 1.29 is 47.6 Å². The number of rotatable bonds is 8. The Hall–Kier alpha value is -3.34. The average Bonchev–Trinajstić information content (AvgIpc) is 2.70. The van der Waals surface area contributed by atoms with E-state index in [0.717, 1.165) is 0 Å². The van der Waals surface area contributed by atoms with Crippen LogP contribution in [-0.2, 0) is 38.1 Å². The summed E-state index contributed by atoms with van der Waals surface area (Å²) in [6.07, 6.45) is -4.66.